The lowest BCUT2D eigenvalue weighted by Crippen LogP contribution is -2.40. The van der Waals surface area contributed by atoms with E-state index in [9.17, 15) is 8.42 Å². The summed E-state index contributed by atoms with van der Waals surface area (Å²) in [6, 6.07) is 15.6. The van der Waals surface area contributed by atoms with E-state index in [1.807, 2.05) is 37.3 Å². The Bertz CT molecular complexity index is 974. The molecule has 168 valence electrons. The van der Waals surface area contributed by atoms with Gasteiger partial charge in [-0.1, -0.05) is 42.5 Å². The van der Waals surface area contributed by atoms with Gasteiger partial charge in [-0.25, -0.2) is 13.1 Å². The zero-order chi connectivity index (χ0) is 22.1. The first-order valence-corrected chi connectivity index (χ1v) is 12.3. The SMILES string of the molecule is CN=C(NCCS(=O)(=O)NCc1ccccc1)NCc1ccc(C)cc1OCC1CC1. The van der Waals surface area contributed by atoms with Gasteiger partial charge in [-0.3, -0.25) is 4.99 Å². The van der Waals surface area contributed by atoms with Crippen LogP contribution >= 0.6 is 0 Å². The predicted molar refractivity (Wildman–Crippen MR) is 125 cm³/mol. The van der Waals surface area contributed by atoms with Crippen molar-refractivity contribution in [2.24, 2.45) is 10.9 Å². The molecule has 1 fully saturated rings. The Kier molecular flexibility index (Phi) is 8.31. The molecule has 3 N–H and O–H groups in total. The molecule has 8 heteroatoms. The summed E-state index contributed by atoms with van der Waals surface area (Å²) in [6.07, 6.45) is 2.50. The van der Waals surface area contributed by atoms with Gasteiger partial charge < -0.3 is 15.4 Å². The van der Waals surface area contributed by atoms with Crippen molar-refractivity contribution < 1.29 is 13.2 Å². The van der Waals surface area contributed by atoms with E-state index in [0.717, 1.165) is 29.0 Å². The fourth-order valence-corrected chi connectivity index (χ4v) is 3.90. The van der Waals surface area contributed by atoms with Crippen LogP contribution in [0.3, 0.4) is 0 Å². The average Bonchev–Trinajstić information content (AvgIpc) is 3.59. The first-order chi connectivity index (χ1) is 14.9. The number of hydrogen-bond acceptors (Lipinski definition) is 4. The highest BCUT2D eigenvalue weighted by molar-refractivity contribution is 7.89. The molecule has 0 atom stereocenters. The number of rotatable bonds is 11. The quantitative estimate of drug-likeness (QED) is 0.366. The van der Waals surface area contributed by atoms with E-state index in [0.29, 0.717) is 18.4 Å². The maximum Gasteiger partial charge on any atom is 0.213 e. The minimum absolute atomic E-state index is 0.0409. The van der Waals surface area contributed by atoms with Crippen molar-refractivity contribution in [3.8, 4) is 5.75 Å². The number of aliphatic imine (C=N–C) groups is 1. The molecule has 0 aromatic heterocycles. The molecule has 3 rings (SSSR count). The number of nitrogens with zero attached hydrogens (tertiary/aromatic N) is 1. The third-order valence-electron chi connectivity index (χ3n) is 5.07. The zero-order valence-corrected chi connectivity index (χ0v) is 19.0. The largest absolute Gasteiger partial charge is 0.493 e. The summed E-state index contributed by atoms with van der Waals surface area (Å²) in [6.45, 7) is 3.89. The van der Waals surface area contributed by atoms with Gasteiger partial charge in [0.2, 0.25) is 10.0 Å². The molecule has 0 heterocycles. The first kappa shape index (κ1) is 23.1. The van der Waals surface area contributed by atoms with Crippen LogP contribution in [0.2, 0.25) is 0 Å². The van der Waals surface area contributed by atoms with Crippen molar-refractivity contribution in [2.75, 3.05) is 26.0 Å². The highest BCUT2D eigenvalue weighted by Crippen LogP contribution is 2.30. The van der Waals surface area contributed by atoms with Gasteiger partial charge >= 0.3 is 0 Å². The normalized spacial score (nSPS) is 14.3. The summed E-state index contributed by atoms with van der Waals surface area (Å²) in [4.78, 5) is 4.19. The van der Waals surface area contributed by atoms with Crippen molar-refractivity contribution in [3.63, 3.8) is 0 Å². The van der Waals surface area contributed by atoms with Gasteiger partial charge in [0.15, 0.2) is 5.96 Å². The smallest absolute Gasteiger partial charge is 0.213 e. The van der Waals surface area contributed by atoms with Crippen molar-refractivity contribution in [1.29, 1.82) is 0 Å². The number of hydrogen-bond donors (Lipinski definition) is 3. The third-order valence-corrected chi connectivity index (χ3v) is 6.39. The molecule has 1 saturated carbocycles. The lowest BCUT2D eigenvalue weighted by molar-refractivity contribution is 0.296. The molecule has 0 saturated heterocycles. The van der Waals surface area contributed by atoms with E-state index in [-0.39, 0.29) is 18.8 Å². The molecular formula is C23H32N4O3S. The van der Waals surface area contributed by atoms with Gasteiger partial charge in [0.25, 0.3) is 0 Å². The fourth-order valence-electron chi connectivity index (χ4n) is 3.00. The van der Waals surface area contributed by atoms with E-state index < -0.39 is 10.0 Å². The number of ether oxygens (including phenoxy) is 1. The maximum absolute atomic E-state index is 12.2. The van der Waals surface area contributed by atoms with Crippen LogP contribution in [0.4, 0.5) is 0 Å². The molecule has 7 nitrogen and oxygen atoms in total. The molecule has 2 aromatic carbocycles. The number of nitrogens with one attached hydrogen (secondary N) is 3. The van der Waals surface area contributed by atoms with Crippen LogP contribution in [0, 0.1) is 12.8 Å². The third kappa shape index (κ3) is 8.22. The molecule has 31 heavy (non-hydrogen) atoms. The van der Waals surface area contributed by atoms with E-state index >= 15 is 0 Å². The summed E-state index contributed by atoms with van der Waals surface area (Å²) in [7, 11) is -1.72. The number of guanidine groups is 1. The molecular weight excluding hydrogens is 412 g/mol. The van der Waals surface area contributed by atoms with Gasteiger partial charge in [-0.05, 0) is 42.9 Å². The topological polar surface area (TPSA) is 91.8 Å². The van der Waals surface area contributed by atoms with Gasteiger partial charge in [0, 0.05) is 32.2 Å². The second-order valence-electron chi connectivity index (χ2n) is 7.84. The van der Waals surface area contributed by atoms with E-state index in [1.165, 1.54) is 12.8 Å². The first-order valence-electron chi connectivity index (χ1n) is 10.6. The molecule has 0 unspecified atom stereocenters. The number of benzene rings is 2. The Labute approximate surface area is 185 Å². The molecule has 0 bridgehead atoms. The van der Waals surface area contributed by atoms with Gasteiger partial charge in [-0.2, -0.15) is 0 Å². The maximum atomic E-state index is 12.2. The van der Waals surface area contributed by atoms with Crippen LogP contribution in [0.5, 0.6) is 5.75 Å². The van der Waals surface area contributed by atoms with Crippen molar-refractivity contribution >= 4 is 16.0 Å². The van der Waals surface area contributed by atoms with Crippen LogP contribution in [0.1, 0.15) is 29.5 Å². The van der Waals surface area contributed by atoms with Crippen LogP contribution in [0.25, 0.3) is 0 Å². The number of aryl methyl sites for hydroxylation is 1. The van der Waals surface area contributed by atoms with Crippen LogP contribution in [-0.2, 0) is 23.1 Å². The zero-order valence-electron chi connectivity index (χ0n) is 18.2. The Hall–Kier alpha value is -2.58. The second kappa shape index (κ2) is 11.2. The Balaban J connectivity index is 1.44. The Morgan fingerprint density at radius 2 is 1.87 bits per heavy atom. The van der Waals surface area contributed by atoms with Crippen LogP contribution in [-0.4, -0.2) is 40.3 Å². The summed E-state index contributed by atoms with van der Waals surface area (Å²) < 4.78 is 33.1. The number of sulfonamides is 1. The summed E-state index contributed by atoms with van der Waals surface area (Å²) in [5.41, 5.74) is 3.13. The predicted octanol–water partition coefficient (Wildman–Crippen LogP) is 2.57. The van der Waals surface area contributed by atoms with Gasteiger partial charge in [0.05, 0.1) is 12.4 Å². The van der Waals surface area contributed by atoms with Crippen LogP contribution in [0.15, 0.2) is 53.5 Å². The molecule has 2 aromatic rings. The highest BCUT2D eigenvalue weighted by Gasteiger charge is 2.22. The molecule has 1 aliphatic rings. The summed E-state index contributed by atoms with van der Waals surface area (Å²) >= 11 is 0. The fraction of sp³-hybridized carbons (Fsp3) is 0.435. The minimum Gasteiger partial charge on any atom is -0.493 e. The van der Waals surface area contributed by atoms with E-state index in [1.54, 1.807) is 7.05 Å². The molecule has 0 radical (unpaired) electrons. The lowest BCUT2D eigenvalue weighted by Gasteiger charge is -2.15. The van der Waals surface area contributed by atoms with Crippen molar-refractivity contribution in [1.82, 2.24) is 15.4 Å². The molecule has 1 aliphatic carbocycles. The highest BCUT2D eigenvalue weighted by atomic mass is 32.2. The molecule has 0 amide bonds. The standard InChI is InChI=1S/C23H32N4O3S/c1-18-8-11-21(22(14-18)30-17-20-9-10-20)16-26-23(24-2)25-12-13-31(28,29)27-15-19-6-4-3-5-7-19/h3-8,11,14,20,27H,9-10,12-13,15-17H2,1-2H3,(H2,24,25,26). The van der Waals surface area contributed by atoms with Crippen LogP contribution < -0.4 is 20.1 Å². The van der Waals surface area contributed by atoms with Crippen molar-refractivity contribution in [3.05, 3.63) is 65.2 Å². The summed E-state index contributed by atoms with van der Waals surface area (Å²) in [5, 5.41) is 6.30. The lowest BCUT2D eigenvalue weighted by atomic mass is 10.1. The van der Waals surface area contributed by atoms with E-state index in [4.69, 9.17) is 4.74 Å². The monoisotopic (exact) mass is 444 g/mol. The molecule has 0 aliphatic heterocycles. The van der Waals surface area contributed by atoms with Gasteiger partial charge in [0.1, 0.15) is 5.75 Å². The molecule has 0 spiro atoms. The van der Waals surface area contributed by atoms with E-state index in [2.05, 4.69) is 38.5 Å². The average molecular weight is 445 g/mol. The van der Waals surface area contributed by atoms with Gasteiger partial charge in [-0.15, -0.1) is 0 Å². The summed E-state index contributed by atoms with van der Waals surface area (Å²) in [5.74, 6) is 2.09. The Morgan fingerprint density at radius 1 is 1.10 bits per heavy atom. The second-order valence-corrected chi connectivity index (χ2v) is 9.77. The minimum atomic E-state index is -3.39. The Morgan fingerprint density at radius 3 is 2.58 bits per heavy atom. The van der Waals surface area contributed by atoms with Crippen molar-refractivity contribution in [2.45, 2.75) is 32.9 Å².